The van der Waals surface area contributed by atoms with Crippen LogP contribution in [0, 0.1) is 11.3 Å². The summed E-state index contributed by atoms with van der Waals surface area (Å²) in [4.78, 5) is 0. The van der Waals surface area contributed by atoms with Gasteiger partial charge in [0.2, 0.25) is 6.79 Å². The summed E-state index contributed by atoms with van der Waals surface area (Å²) in [5.41, 5.74) is 0.844. The third kappa shape index (κ3) is 3.25. The van der Waals surface area contributed by atoms with Gasteiger partial charge in [0.25, 0.3) is 0 Å². The molecule has 1 N–H and O–H groups in total. The van der Waals surface area contributed by atoms with Crippen LogP contribution in [0.15, 0.2) is 12.1 Å². The number of nitrogens with one attached hydrogen (secondary N) is 1. The second-order valence-corrected chi connectivity index (χ2v) is 6.06. The second kappa shape index (κ2) is 6.55. The first-order chi connectivity index (χ1) is 10.3. The van der Waals surface area contributed by atoms with E-state index in [1.54, 1.807) is 6.07 Å². The van der Waals surface area contributed by atoms with Gasteiger partial charge in [-0.1, -0.05) is 37.3 Å². The molecule has 1 aromatic rings. The van der Waals surface area contributed by atoms with E-state index in [1.807, 2.05) is 6.07 Å². The van der Waals surface area contributed by atoms with Crippen molar-refractivity contribution in [1.82, 2.24) is 5.32 Å². The van der Waals surface area contributed by atoms with Crippen molar-refractivity contribution in [3.05, 3.63) is 22.7 Å². The highest BCUT2D eigenvalue weighted by atomic mass is 35.5. The van der Waals surface area contributed by atoms with Crippen molar-refractivity contribution < 1.29 is 9.47 Å². The third-order valence-corrected chi connectivity index (χ3v) is 4.45. The van der Waals surface area contributed by atoms with Crippen molar-refractivity contribution in [2.75, 3.05) is 6.79 Å². The van der Waals surface area contributed by atoms with Crippen molar-refractivity contribution in [1.29, 1.82) is 5.26 Å². The van der Waals surface area contributed by atoms with Crippen LogP contribution in [-0.4, -0.2) is 12.8 Å². The third-order valence-electron chi connectivity index (χ3n) is 4.17. The Kier molecular flexibility index (Phi) is 4.52. The van der Waals surface area contributed by atoms with Crippen LogP contribution in [0.5, 0.6) is 11.5 Å². The second-order valence-electron chi connectivity index (χ2n) is 5.65. The molecule has 0 bridgehead atoms. The van der Waals surface area contributed by atoms with E-state index >= 15 is 0 Å². The first-order valence-corrected chi connectivity index (χ1v) is 7.90. The maximum absolute atomic E-state index is 9.49. The fourth-order valence-electron chi connectivity index (χ4n) is 3.04. The van der Waals surface area contributed by atoms with E-state index in [4.69, 9.17) is 21.1 Å². The normalized spacial score (nSPS) is 19.8. The van der Waals surface area contributed by atoms with E-state index in [0.717, 1.165) is 18.4 Å². The number of hydrogen-bond acceptors (Lipinski definition) is 4. The number of nitriles is 1. The van der Waals surface area contributed by atoms with Gasteiger partial charge in [-0.15, -0.1) is 0 Å². The van der Waals surface area contributed by atoms with Gasteiger partial charge in [-0.05, 0) is 30.5 Å². The molecule has 4 nitrogen and oxygen atoms in total. The minimum absolute atomic E-state index is 0.186. The van der Waals surface area contributed by atoms with E-state index in [1.165, 1.54) is 25.7 Å². The standard InChI is InChI=1S/C16H19ClN2O2/c17-13-7-11(8-15-16(13)21-10-20-15)14(9-18)19-12-5-3-1-2-4-6-12/h7-8,12,14,19H,1-6,10H2. The molecular formula is C16H19ClN2O2. The lowest BCUT2D eigenvalue weighted by molar-refractivity contribution is 0.174. The van der Waals surface area contributed by atoms with E-state index in [0.29, 0.717) is 22.6 Å². The molecule has 1 aliphatic carbocycles. The molecule has 1 saturated carbocycles. The van der Waals surface area contributed by atoms with Crippen molar-refractivity contribution in [2.45, 2.75) is 50.6 Å². The van der Waals surface area contributed by atoms with Crippen LogP contribution in [0.2, 0.25) is 5.02 Å². The molecule has 112 valence electrons. The quantitative estimate of drug-likeness (QED) is 0.859. The Balaban J connectivity index is 1.77. The maximum atomic E-state index is 9.49. The summed E-state index contributed by atoms with van der Waals surface area (Å²) >= 11 is 6.20. The topological polar surface area (TPSA) is 54.3 Å². The summed E-state index contributed by atoms with van der Waals surface area (Å²) in [6, 6.07) is 6.03. The molecule has 0 amide bonds. The fraction of sp³-hybridized carbons (Fsp3) is 0.562. The van der Waals surface area contributed by atoms with Gasteiger partial charge in [-0.25, -0.2) is 0 Å². The van der Waals surface area contributed by atoms with Crippen LogP contribution in [0.1, 0.15) is 50.1 Å². The van der Waals surface area contributed by atoms with Gasteiger partial charge in [-0.3, -0.25) is 5.32 Å². The van der Waals surface area contributed by atoms with Gasteiger partial charge in [-0.2, -0.15) is 5.26 Å². The average molecular weight is 307 g/mol. The Morgan fingerprint density at radius 3 is 2.67 bits per heavy atom. The van der Waals surface area contributed by atoms with Crippen LogP contribution in [-0.2, 0) is 0 Å². The smallest absolute Gasteiger partial charge is 0.231 e. The summed E-state index contributed by atoms with van der Waals surface area (Å²) in [6.07, 6.45) is 7.33. The lowest BCUT2D eigenvalue weighted by Gasteiger charge is -2.21. The van der Waals surface area contributed by atoms with E-state index < -0.39 is 0 Å². The number of ether oxygens (including phenoxy) is 2. The van der Waals surface area contributed by atoms with Crippen molar-refractivity contribution in [3.63, 3.8) is 0 Å². The van der Waals surface area contributed by atoms with Crippen molar-refractivity contribution >= 4 is 11.6 Å². The van der Waals surface area contributed by atoms with Gasteiger partial charge >= 0.3 is 0 Å². The number of benzene rings is 1. The zero-order valence-corrected chi connectivity index (χ0v) is 12.7. The lowest BCUT2D eigenvalue weighted by atomic mass is 10.0. The zero-order valence-electron chi connectivity index (χ0n) is 11.9. The highest BCUT2D eigenvalue weighted by Crippen LogP contribution is 2.41. The van der Waals surface area contributed by atoms with Crippen LogP contribution in [0.3, 0.4) is 0 Å². The van der Waals surface area contributed by atoms with E-state index in [-0.39, 0.29) is 12.8 Å². The van der Waals surface area contributed by atoms with Crippen LogP contribution in [0.25, 0.3) is 0 Å². The van der Waals surface area contributed by atoms with Gasteiger partial charge in [0.05, 0.1) is 11.1 Å². The Morgan fingerprint density at radius 1 is 1.19 bits per heavy atom. The van der Waals surface area contributed by atoms with Crippen molar-refractivity contribution in [2.24, 2.45) is 0 Å². The highest BCUT2D eigenvalue weighted by molar-refractivity contribution is 6.32. The monoisotopic (exact) mass is 306 g/mol. The Bertz CT molecular complexity index is 548. The molecule has 0 aromatic heterocycles. The number of halogens is 1. The molecule has 3 rings (SSSR count). The number of nitrogens with zero attached hydrogens (tertiary/aromatic N) is 1. The Hall–Kier alpha value is -1.44. The predicted molar refractivity (Wildman–Crippen MR) is 80.6 cm³/mol. The number of hydrogen-bond donors (Lipinski definition) is 1. The lowest BCUT2D eigenvalue weighted by Crippen LogP contribution is -2.31. The summed E-state index contributed by atoms with van der Waals surface area (Å²) in [7, 11) is 0. The first-order valence-electron chi connectivity index (χ1n) is 7.52. The van der Waals surface area contributed by atoms with E-state index in [9.17, 15) is 5.26 Å². The molecule has 0 radical (unpaired) electrons. The van der Waals surface area contributed by atoms with Crippen LogP contribution >= 0.6 is 11.6 Å². The van der Waals surface area contributed by atoms with Gasteiger partial charge in [0, 0.05) is 6.04 Å². The van der Waals surface area contributed by atoms with Crippen LogP contribution < -0.4 is 14.8 Å². The van der Waals surface area contributed by atoms with Crippen LogP contribution in [0.4, 0.5) is 0 Å². The Morgan fingerprint density at radius 2 is 1.95 bits per heavy atom. The molecular weight excluding hydrogens is 288 g/mol. The highest BCUT2D eigenvalue weighted by Gasteiger charge is 2.23. The Labute approximate surface area is 130 Å². The van der Waals surface area contributed by atoms with Gasteiger partial charge < -0.3 is 9.47 Å². The summed E-state index contributed by atoms with van der Waals surface area (Å²) < 4.78 is 10.7. The van der Waals surface area contributed by atoms with E-state index in [2.05, 4.69) is 11.4 Å². The molecule has 1 heterocycles. The summed E-state index contributed by atoms with van der Waals surface area (Å²) in [5, 5.41) is 13.5. The molecule has 5 heteroatoms. The summed E-state index contributed by atoms with van der Waals surface area (Å²) in [5.74, 6) is 1.20. The number of fused-ring (bicyclic) bond motifs is 1. The minimum Gasteiger partial charge on any atom is -0.454 e. The molecule has 1 fully saturated rings. The average Bonchev–Trinajstić information content (AvgIpc) is 2.82. The first kappa shape index (κ1) is 14.5. The molecule has 21 heavy (non-hydrogen) atoms. The maximum Gasteiger partial charge on any atom is 0.231 e. The molecule has 2 aliphatic rings. The van der Waals surface area contributed by atoms with Crippen molar-refractivity contribution in [3.8, 4) is 17.6 Å². The number of rotatable bonds is 3. The molecule has 0 saturated heterocycles. The minimum atomic E-state index is -0.361. The molecule has 1 unspecified atom stereocenters. The molecule has 1 aliphatic heterocycles. The SMILES string of the molecule is N#CC(NC1CCCCCC1)c1cc(Cl)c2c(c1)OCO2. The summed E-state index contributed by atoms with van der Waals surface area (Å²) in [6.45, 7) is 0.186. The largest absolute Gasteiger partial charge is 0.454 e. The van der Waals surface area contributed by atoms with Gasteiger partial charge in [0.15, 0.2) is 11.5 Å². The molecule has 1 atom stereocenters. The predicted octanol–water partition coefficient (Wildman–Crippen LogP) is 3.95. The van der Waals surface area contributed by atoms with Gasteiger partial charge in [0.1, 0.15) is 6.04 Å². The zero-order chi connectivity index (χ0) is 14.7. The molecule has 1 aromatic carbocycles. The molecule has 0 spiro atoms. The fourth-order valence-corrected chi connectivity index (χ4v) is 3.32.